The number of halogens is 1. The lowest BCUT2D eigenvalue weighted by Crippen LogP contribution is -2.36. The van der Waals surface area contributed by atoms with E-state index in [1.54, 1.807) is 12.5 Å². The number of amides is 1. The fourth-order valence-electron chi connectivity index (χ4n) is 5.14. The van der Waals surface area contributed by atoms with E-state index in [-0.39, 0.29) is 5.91 Å². The summed E-state index contributed by atoms with van der Waals surface area (Å²) in [7, 11) is 0. The fourth-order valence-corrected chi connectivity index (χ4v) is 5.33. The molecule has 5 nitrogen and oxygen atoms in total. The molecule has 1 fully saturated rings. The normalized spacial score (nSPS) is 18.8. The molecule has 5 rings (SSSR count). The van der Waals surface area contributed by atoms with E-state index in [4.69, 9.17) is 16.6 Å². The minimum absolute atomic E-state index is 0.226. The first-order valence-electron chi connectivity index (χ1n) is 11.7. The maximum absolute atomic E-state index is 12.8. The van der Waals surface area contributed by atoms with Crippen LogP contribution >= 0.6 is 11.6 Å². The van der Waals surface area contributed by atoms with Gasteiger partial charge in [0.25, 0.3) is 0 Å². The molecule has 0 radical (unpaired) electrons. The van der Waals surface area contributed by atoms with Crippen molar-refractivity contribution in [1.29, 1.82) is 0 Å². The number of aromatic nitrogens is 2. The zero-order valence-corrected chi connectivity index (χ0v) is 19.1. The monoisotopic (exact) mass is 448 g/mol. The SMILES string of the molecule is O=C(CCc1cnc[nH]1)N1CCC(=C2C3=C(CCCC=N3)CCc3cc(Cl)ccc32)CC1. The van der Waals surface area contributed by atoms with Crippen LogP contribution in [0.25, 0.3) is 5.57 Å². The Kier molecular flexibility index (Phi) is 6.26. The summed E-state index contributed by atoms with van der Waals surface area (Å²) in [6.07, 6.45) is 14.0. The summed E-state index contributed by atoms with van der Waals surface area (Å²) in [5, 5.41) is 0.798. The molecule has 1 saturated heterocycles. The Morgan fingerprint density at radius 1 is 1.09 bits per heavy atom. The van der Waals surface area contributed by atoms with E-state index < -0.39 is 0 Å². The first-order valence-corrected chi connectivity index (χ1v) is 12.1. The molecule has 0 saturated carbocycles. The molecular weight excluding hydrogens is 420 g/mol. The number of rotatable bonds is 3. The molecule has 1 aromatic carbocycles. The Hall–Kier alpha value is -2.66. The van der Waals surface area contributed by atoms with Crippen molar-refractivity contribution in [1.82, 2.24) is 14.9 Å². The largest absolute Gasteiger partial charge is 0.348 e. The molecule has 166 valence electrons. The number of benzene rings is 1. The van der Waals surface area contributed by atoms with Crippen LogP contribution in [0.15, 0.2) is 52.6 Å². The van der Waals surface area contributed by atoms with Crippen molar-refractivity contribution in [2.24, 2.45) is 4.99 Å². The number of piperidine rings is 1. The summed E-state index contributed by atoms with van der Waals surface area (Å²) in [6, 6.07) is 6.31. The summed E-state index contributed by atoms with van der Waals surface area (Å²) in [5.41, 5.74) is 9.03. The van der Waals surface area contributed by atoms with Gasteiger partial charge < -0.3 is 9.88 Å². The van der Waals surface area contributed by atoms with Crippen molar-refractivity contribution < 1.29 is 4.79 Å². The summed E-state index contributed by atoms with van der Waals surface area (Å²) in [4.78, 5) is 26.9. The minimum Gasteiger partial charge on any atom is -0.348 e. The number of imidazole rings is 1. The van der Waals surface area contributed by atoms with Gasteiger partial charge in [-0.2, -0.15) is 0 Å². The van der Waals surface area contributed by atoms with Crippen molar-refractivity contribution in [3.63, 3.8) is 0 Å². The van der Waals surface area contributed by atoms with E-state index in [0.29, 0.717) is 12.8 Å². The molecule has 1 amide bonds. The Labute approximate surface area is 194 Å². The van der Waals surface area contributed by atoms with Gasteiger partial charge in [-0.1, -0.05) is 23.2 Å². The van der Waals surface area contributed by atoms with Crippen LogP contribution in [0, 0.1) is 0 Å². The van der Waals surface area contributed by atoms with Gasteiger partial charge in [-0.25, -0.2) is 4.98 Å². The zero-order valence-electron chi connectivity index (χ0n) is 18.4. The highest BCUT2D eigenvalue weighted by Crippen LogP contribution is 2.42. The van der Waals surface area contributed by atoms with Crippen LogP contribution in [0.3, 0.4) is 0 Å². The fraction of sp³-hybridized carbons (Fsp3) is 0.423. The molecule has 0 spiro atoms. The van der Waals surface area contributed by atoms with Gasteiger partial charge in [0.05, 0.1) is 12.0 Å². The van der Waals surface area contributed by atoms with Gasteiger partial charge in [0, 0.05) is 48.2 Å². The van der Waals surface area contributed by atoms with E-state index in [9.17, 15) is 4.79 Å². The van der Waals surface area contributed by atoms with Gasteiger partial charge in [0.1, 0.15) is 0 Å². The second-order valence-corrected chi connectivity index (χ2v) is 9.33. The third-order valence-electron chi connectivity index (χ3n) is 6.87. The number of hydrogen-bond donors (Lipinski definition) is 1. The van der Waals surface area contributed by atoms with Gasteiger partial charge >= 0.3 is 0 Å². The van der Waals surface area contributed by atoms with Crippen molar-refractivity contribution in [2.75, 3.05) is 13.1 Å². The highest BCUT2D eigenvalue weighted by Gasteiger charge is 2.27. The highest BCUT2D eigenvalue weighted by atomic mass is 35.5. The average molecular weight is 449 g/mol. The van der Waals surface area contributed by atoms with Crippen molar-refractivity contribution in [2.45, 2.75) is 57.8 Å². The number of carbonyl (C=O) groups excluding carboxylic acids is 1. The molecule has 1 N–H and O–H groups in total. The predicted molar refractivity (Wildman–Crippen MR) is 129 cm³/mol. The number of aryl methyl sites for hydroxylation is 2. The maximum Gasteiger partial charge on any atom is 0.222 e. The lowest BCUT2D eigenvalue weighted by Gasteiger charge is -2.30. The van der Waals surface area contributed by atoms with Gasteiger partial charge in [-0.05, 0) is 80.2 Å². The summed E-state index contributed by atoms with van der Waals surface area (Å²) in [5.74, 6) is 0.226. The Morgan fingerprint density at radius 2 is 1.97 bits per heavy atom. The van der Waals surface area contributed by atoms with Crippen LogP contribution < -0.4 is 0 Å². The number of nitrogens with one attached hydrogen (secondary N) is 1. The van der Waals surface area contributed by atoms with Crippen LogP contribution in [-0.2, 0) is 17.6 Å². The number of nitrogens with zero attached hydrogens (tertiary/aromatic N) is 3. The van der Waals surface area contributed by atoms with Crippen molar-refractivity contribution in [3.8, 4) is 0 Å². The van der Waals surface area contributed by atoms with Crippen LogP contribution in [0.5, 0.6) is 0 Å². The van der Waals surface area contributed by atoms with E-state index in [1.165, 1.54) is 40.0 Å². The average Bonchev–Trinajstić information content (AvgIpc) is 3.16. The van der Waals surface area contributed by atoms with Gasteiger partial charge in [-0.3, -0.25) is 9.79 Å². The molecule has 2 aromatic rings. The standard InChI is InChI=1S/C26H29ClN4O/c27-21-6-8-23-20(15-21)5-4-19-3-1-2-12-29-26(19)25(23)18-10-13-31(14-11-18)24(32)9-7-22-16-28-17-30-22/h6,8,12,15-17H,1-5,7,9-11,13-14H2,(H,28,30). The molecular formula is C26H29ClN4O. The lowest BCUT2D eigenvalue weighted by atomic mass is 9.88. The Morgan fingerprint density at radius 3 is 2.78 bits per heavy atom. The van der Waals surface area contributed by atoms with Gasteiger partial charge in [0.2, 0.25) is 5.91 Å². The summed E-state index contributed by atoms with van der Waals surface area (Å²) >= 11 is 6.35. The predicted octanol–water partition coefficient (Wildman–Crippen LogP) is 5.53. The van der Waals surface area contributed by atoms with Crippen LogP contribution in [0.1, 0.15) is 61.8 Å². The second-order valence-electron chi connectivity index (χ2n) is 8.89. The Balaban J connectivity index is 1.41. The number of hydrogen-bond acceptors (Lipinski definition) is 3. The van der Waals surface area contributed by atoms with Gasteiger partial charge in [0.15, 0.2) is 0 Å². The van der Waals surface area contributed by atoms with Crippen LogP contribution in [0.2, 0.25) is 5.02 Å². The molecule has 0 atom stereocenters. The van der Waals surface area contributed by atoms with Crippen molar-refractivity contribution >= 4 is 29.3 Å². The third kappa shape index (κ3) is 4.44. The molecule has 6 heteroatoms. The first kappa shape index (κ1) is 21.2. The van der Waals surface area contributed by atoms with Crippen molar-refractivity contribution in [3.05, 3.63) is 69.4 Å². The lowest BCUT2D eigenvalue weighted by molar-refractivity contribution is -0.131. The topological polar surface area (TPSA) is 61.4 Å². The molecule has 0 bridgehead atoms. The summed E-state index contributed by atoms with van der Waals surface area (Å²) in [6.45, 7) is 1.55. The number of likely N-dealkylation sites (tertiary alicyclic amines) is 1. The molecule has 32 heavy (non-hydrogen) atoms. The molecule has 2 aliphatic heterocycles. The number of aliphatic imine (C=N–C) groups is 1. The number of aromatic amines is 1. The molecule has 1 aromatic heterocycles. The molecule has 3 aliphatic rings. The second kappa shape index (κ2) is 9.45. The molecule has 3 heterocycles. The quantitative estimate of drug-likeness (QED) is 0.671. The van der Waals surface area contributed by atoms with Gasteiger partial charge in [-0.15, -0.1) is 0 Å². The highest BCUT2D eigenvalue weighted by molar-refractivity contribution is 6.30. The number of allylic oxidation sites excluding steroid dienone is 2. The zero-order chi connectivity index (χ0) is 21.9. The molecule has 1 aliphatic carbocycles. The number of fused-ring (bicyclic) bond motifs is 1. The number of carbonyl (C=O) groups is 1. The Bertz CT molecular complexity index is 1090. The van der Waals surface area contributed by atoms with E-state index in [0.717, 1.165) is 62.3 Å². The van der Waals surface area contributed by atoms with E-state index in [2.05, 4.69) is 28.3 Å². The van der Waals surface area contributed by atoms with E-state index in [1.807, 2.05) is 11.0 Å². The summed E-state index contributed by atoms with van der Waals surface area (Å²) < 4.78 is 0. The number of H-pyrrole nitrogens is 1. The third-order valence-corrected chi connectivity index (χ3v) is 7.11. The van der Waals surface area contributed by atoms with Crippen LogP contribution in [-0.4, -0.2) is 40.1 Å². The minimum atomic E-state index is 0.226. The smallest absolute Gasteiger partial charge is 0.222 e. The van der Waals surface area contributed by atoms with Crippen LogP contribution in [0.4, 0.5) is 0 Å². The first-order chi connectivity index (χ1) is 15.7. The van der Waals surface area contributed by atoms with E-state index >= 15 is 0 Å². The maximum atomic E-state index is 12.8. The molecule has 0 unspecified atom stereocenters.